The van der Waals surface area contributed by atoms with Crippen LogP contribution in [0.5, 0.6) is 0 Å². The average molecular weight is 184 g/mol. The van der Waals surface area contributed by atoms with E-state index in [-0.39, 0.29) is 5.97 Å². The molecule has 76 valence electrons. The fourth-order valence-electron chi connectivity index (χ4n) is 2.25. The van der Waals surface area contributed by atoms with E-state index in [0.717, 1.165) is 5.92 Å². The van der Waals surface area contributed by atoms with Crippen molar-refractivity contribution in [2.75, 3.05) is 7.11 Å². The fourth-order valence-corrected chi connectivity index (χ4v) is 2.25. The van der Waals surface area contributed by atoms with E-state index in [1.807, 2.05) is 0 Å². The predicted octanol–water partition coefficient (Wildman–Crippen LogP) is 2.62. The summed E-state index contributed by atoms with van der Waals surface area (Å²) >= 11 is 0. The van der Waals surface area contributed by atoms with Crippen LogP contribution in [0.15, 0.2) is 0 Å². The maximum atomic E-state index is 11.1. The number of carbonyl (C=O) groups is 1. The Morgan fingerprint density at radius 2 is 2.08 bits per heavy atom. The third-order valence-corrected chi connectivity index (χ3v) is 3.91. The molecule has 0 aliphatic heterocycles. The highest BCUT2D eigenvalue weighted by Crippen LogP contribution is 2.48. The molecule has 0 spiro atoms. The minimum absolute atomic E-state index is 0.0628. The van der Waals surface area contributed by atoms with E-state index in [4.69, 9.17) is 4.74 Å². The van der Waals surface area contributed by atoms with E-state index in [1.165, 1.54) is 20.0 Å². The summed E-state index contributed by atoms with van der Waals surface area (Å²) in [6, 6.07) is 0. The standard InChI is InChI=1S/C11H20O2/c1-8-5-6-9(11(8,2)3)7-10(12)13-4/h8-9H,5-7H2,1-4H3/t8-,9+/m1/s1. The van der Waals surface area contributed by atoms with Gasteiger partial charge in [0.05, 0.1) is 7.11 Å². The lowest BCUT2D eigenvalue weighted by Gasteiger charge is -2.30. The number of carbonyl (C=O) groups excluding carboxylic acids is 1. The van der Waals surface area contributed by atoms with Crippen molar-refractivity contribution in [3.05, 3.63) is 0 Å². The summed E-state index contributed by atoms with van der Waals surface area (Å²) in [6.07, 6.45) is 3.01. The van der Waals surface area contributed by atoms with Gasteiger partial charge in [0, 0.05) is 6.42 Å². The summed E-state index contributed by atoms with van der Waals surface area (Å²) in [5, 5.41) is 0. The summed E-state index contributed by atoms with van der Waals surface area (Å²) in [5.74, 6) is 1.17. The molecule has 2 heteroatoms. The highest BCUT2D eigenvalue weighted by molar-refractivity contribution is 5.69. The first-order valence-electron chi connectivity index (χ1n) is 5.05. The van der Waals surface area contributed by atoms with Gasteiger partial charge in [-0.15, -0.1) is 0 Å². The zero-order valence-electron chi connectivity index (χ0n) is 9.09. The normalized spacial score (nSPS) is 31.7. The molecule has 0 aromatic rings. The van der Waals surface area contributed by atoms with Crippen LogP contribution in [-0.2, 0) is 9.53 Å². The van der Waals surface area contributed by atoms with Gasteiger partial charge in [-0.3, -0.25) is 4.79 Å². The van der Waals surface area contributed by atoms with Crippen molar-refractivity contribution < 1.29 is 9.53 Å². The molecule has 0 unspecified atom stereocenters. The van der Waals surface area contributed by atoms with Crippen molar-refractivity contribution in [2.45, 2.75) is 40.0 Å². The zero-order chi connectivity index (χ0) is 10.1. The van der Waals surface area contributed by atoms with Crippen LogP contribution in [-0.4, -0.2) is 13.1 Å². The van der Waals surface area contributed by atoms with E-state index in [9.17, 15) is 4.79 Å². The van der Waals surface area contributed by atoms with Crippen molar-refractivity contribution in [1.82, 2.24) is 0 Å². The van der Waals surface area contributed by atoms with Crippen LogP contribution < -0.4 is 0 Å². The second kappa shape index (κ2) is 3.69. The van der Waals surface area contributed by atoms with Gasteiger partial charge < -0.3 is 4.74 Å². The molecule has 1 fully saturated rings. The Morgan fingerprint density at radius 1 is 1.46 bits per heavy atom. The van der Waals surface area contributed by atoms with Gasteiger partial charge in [-0.05, 0) is 30.1 Å². The maximum absolute atomic E-state index is 11.1. The Labute approximate surface area is 80.7 Å². The molecular formula is C11H20O2. The first kappa shape index (κ1) is 10.6. The summed E-state index contributed by atoms with van der Waals surface area (Å²) < 4.78 is 4.70. The van der Waals surface area contributed by atoms with Crippen molar-refractivity contribution >= 4 is 5.97 Å². The molecule has 0 aromatic carbocycles. The fraction of sp³-hybridized carbons (Fsp3) is 0.909. The van der Waals surface area contributed by atoms with Crippen molar-refractivity contribution in [1.29, 1.82) is 0 Å². The van der Waals surface area contributed by atoms with E-state index in [2.05, 4.69) is 20.8 Å². The number of methoxy groups -OCH3 is 1. The van der Waals surface area contributed by atoms with Crippen LogP contribution in [0.4, 0.5) is 0 Å². The molecule has 0 N–H and O–H groups in total. The van der Waals surface area contributed by atoms with Crippen LogP contribution >= 0.6 is 0 Å². The molecule has 13 heavy (non-hydrogen) atoms. The monoisotopic (exact) mass is 184 g/mol. The van der Waals surface area contributed by atoms with Gasteiger partial charge in [0.15, 0.2) is 0 Å². The first-order chi connectivity index (χ1) is 5.98. The highest BCUT2D eigenvalue weighted by atomic mass is 16.5. The van der Waals surface area contributed by atoms with Crippen molar-refractivity contribution in [2.24, 2.45) is 17.3 Å². The highest BCUT2D eigenvalue weighted by Gasteiger charge is 2.41. The Hall–Kier alpha value is -0.530. The molecule has 0 amide bonds. The molecule has 1 rings (SSSR count). The Morgan fingerprint density at radius 3 is 2.46 bits per heavy atom. The van der Waals surface area contributed by atoms with E-state index in [1.54, 1.807) is 0 Å². The molecule has 0 bridgehead atoms. The van der Waals surface area contributed by atoms with Gasteiger partial charge in [0.2, 0.25) is 0 Å². The zero-order valence-corrected chi connectivity index (χ0v) is 9.09. The summed E-state index contributed by atoms with van der Waals surface area (Å²) in [6.45, 7) is 6.80. The first-order valence-corrected chi connectivity index (χ1v) is 5.05. The molecule has 0 aromatic heterocycles. The maximum Gasteiger partial charge on any atom is 0.305 e. The molecule has 2 nitrogen and oxygen atoms in total. The number of hydrogen-bond donors (Lipinski definition) is 0. The second-order valence-corrected chi connectivity index (χ2v) is 4.78. The smallest absolute Gasteiger partial charge is 0.305 e. The van der Waals surface area contributed by atoms with Gasteiger partial charge >= 0.3 is 5.97 Å². The van der Waals surface area contributed by atoms with Gasteiger partial charge in [0.1, 0.15) is 0 Å². The van der Waals surface area contributed by atoms with Gasteiger partial charge in [-0.25, -0.2) is 0 Å². The minimum atomic E-state index is -0.0628. The Bertz CT molecular complexity index is 196. The van der Waals surface area contributed by atoms with Crippen LogP contribution in [0.3, 0.4) is 0 Å². The topological polar surface area (TPSA) is 26.3 Å². The summed E-state index contributed by atoms with van der Waals surface area (Å²) in [5.41, 5.74) is 0.300. The quantitative estimate of drug-likeness (QED) is 0.617. The largest absolute Gasteiger partial charge is 0.469 e. The number of esters is 1. The van der Waals surface area contributed by atoms with Crippen LogP contribution in [0.2, 0.25) is 0 Å². The summed E-state index contributed by atoms with van der Waals surface area (Å²) in [7, 11) is 1.47. The molecule has 0 saturated heterocycles. The van der Waals surface area contributed by atoms with E-state index < -0.39 is 0 Å². The lowest BCUT2D eigenvalue weighted by molar-refractivity contribution is -0.142. The Balaban J connectivity index is 2.57. The molecule has 0 radical (unpaired) electrons. The van der Waals surface area contributed by atoms with Gasteiger partial charge in [-0.2, -0.15) is 0 Å². The van der Waals surface area contributed by atoms with Crippen LogP contribution in [0, 0.1) is 17.3 Å². The lowest BCUT2D eigenvalue weighted by atomic mass is 9.75. The molecule has 1 saturated carbocycles. The average Bonchev–Trinajstić information content (AvgIpc) is 2.31. The number of hydrogen-bond acceptors (Lipinski definition) is 2. The minimum Gasteiger partial charge on any atom is -0.469 e. The van der Waals surface area contributed by atoms with E-state index >= 15 is 0 Å². The van der Waals surface area contributed by atoms with E-state index in [0.29, 0.717) is 17.8 Å². The summed E-state index contributed by atoms with van der Waals surface area (Å²) in [4.78, 5) is 11.1. The van der Waals surface area contributed by atoms with Crippen molar-refractivity contribution in [3.63, 3.8) is 0 Å². The molecular weight excluding hydrogens is 164 g/mol. The Kier molecular flexibility index (Phi) is 2.99. The van der Waals surface area contributed by atoms with Crippen molar-refractivity contribution in [3.8, 4) is 0 Å². The molecule has 2 atom stereocenters. The van der Waals surface area contributed by atoms with Crippen LogP contribution in [0.1, 0.15) is 40.0 Å². The molecule has 1 aliphatic carbocycles. The number of ether oxygens (including phenoxy) is 1. The van der Waals surface area contributed by atoms with Crippen LogP contribution in [0.25, 0.3) is 0 Å². The molecule has 0 heterocycles. The predicted molar refractivity (Wildman–Crippen MR) is 52.3 cm³/mol. The lowest BCUT2D eigenvalue weighted by Crippen LogP contribution is -2.25. The SMILES string of the molecule is COC(=O)C[C@@H]1CC[C@@H](C)C1(C)C. The number of rotatable bonds is 2. The van der Waals surface area contributed by atoms with Gasteiger partial charge in [0.25, 0.3) is 0 Å². The third-order valence-electron chi connectivity index (χ3n) is 3.91. The molecule has 1 aliphatic rings. The second-order valence-electron chi connectivity index (χ2n) is 4.78. The van der Waals surface area contributed by atoms with Gasteiger partial charge in [-0.1, -0.05) is 20.8 Å². The third kappa shape index (κ3) is 2.04.